The highest BCUT2D eigenvalue weighted by Crippen LogP contribution is 2.28. The molecule has 14 heavy (non-hydrogen) atoms. The third-order valence-electron chi connectivity index (χ3n) is 2.50. The first-order valence-corrected chi connectivity index (χ1v) is 5.14. The number of hydrogen-bond donors (Lipinski definition) is 1. The number of anilines is 1. The van der Waals surface area contributed by atoms with Crippen molar-refractivity contribution in [1.29, 1.82) is 0 Å². The van der Waals surface area contributed by atoms with Crippen molar-refractivity contribution in [1.82, 2.24) is 9.55 Å². The van der Waals surface area contributed by atoms with Crippen LogP contribution in [-0.4, -0.2) is 29.8 Å². The van der Waals surface area contributed by atoms with E-state index in [1.807, 2.05) is 12.4 Å². The van der Waals surface area contributed by atoms with E-state index in [0.29, 0.717) is 0 Å². The van der Waals surface area contributed by atoms with Crippen LogP contribution in [-0.2, 0) is 11.3 Å². The molecule has 0 saturated heterocycles. The average Bonchev–Trinajstić information content (AvgIpc) is 2.92. The highest BCUT2D eigenvalue weighted by atomic mass is 16.5. The van der Waals surface area contributed by atoms with Gasteiger partial charge in [0.1, 0.15) is 0 Å². The second-order valence-electron chi connectivity index (χ2n) is 3.76. The lowest BCUT2D eigenvalue weighted by Gasteiger charge is -2.08. The lowest BCUT2D eigenvalue weighted by atomic mass is 10.4. The fraction of sp³-hybridized carbons (Fsp3) is 0.700. The van der Waals surface area contributed by atoms with Crippen LogP contribution < -0.4 is 5.32 Å². The molecule has 1 aliphatic carbocycles. The van der Waals surface area contributed by atoms with Crippen LogP contribution in [0.2, 0.25) is 0 Å². The second-order valence-corrected chi connectivity index (χ2v) is 3.76. The summed E-state index contributed by atoms with van der Waals surface area (Å²) >= 11 is 0. The zero-order valence-electron chi connectivity index (χ0n) is 8.57. The first kappa shape index (κ1) is 9.52. The van der Waals surface area contributed by atoms with Crippen LogP contribution in [0.25, 0.3) is 0 Å². The van der Waals surface area contributed by atoms with Crippen molar-refractivity contribution in [2.75, 3.05) is 25.6 Å². The standard InChI is InChI=1S/C10H17N3O/c1-14-7-6-13-5-4-11-10(13)12-8-9-2-3-9/h4-5,9H,2-3,6-8H2,1H3,(H,11,12). The molecule has 4 nitrogen and oxygen atoms in total. The molecule has 0 spiro atoms. The van der Waals surface area contributed by atoms with Crippen molar-refractivity contribution in [2.45, 2.75) is 19.4 Å². The monoisotopic (exact) mass is 195 g/mol. The van der Waals surface area contributed by atoms with Gasteiger partial charge in [0, 0.05) is 32.6 Å². The first-order chi connectivity index (χ1) is 6.90. The minimum Gasteiger partial charge on any atom is -0.383 e. The van der Waals surface area contributed by atoms with Crippen LogP contribution in [0.4, 0.5) is 5.95 Å². The smallest absolute Gasteiger partial charge is 0.202 e. The molecule has 0 amide bonds. The number of aromatic nitrogens is 2. The van der Waals surface area contributed by atoms with Gasteiger partial charge >= 0.3 is 0 Å². The summed E-state index contributed by atoms with van der Waals surface area (Å²) in [5.41, 5.74) is 0. The highest BCUT2D eigenvalue weighted by molar-refractivity contribution is 5.26. The maximum atomic E-state index is 5.03. The quantitative estimate of drug-likeness (QED) is 0.744. The van der Waals surface area contributed by atoms with Crippen LogP contribution in [0.5, 0.6) is 0 Å². The molecule has 1 aliphatic rings. The zero-order chi connectivity index (χ0) is 9.80. The van der Waals surface area contributed by atoms with Gasteiger partial charge in [-0.1, -0.05) is 0 Å². The van der Waals surface area contributed by atoms with E-state index in [1.54, 1.807) is 7.11 Å². The van der Waals surface area contributed by atoms with Crippen molar-refractivity contribution in [3.63, 3.8) is 0 Å². The van der Waals surface area contributed by atoms with Gasteiger partial charge in [0.15, 0.2) is 0 Å². The summed E-state index contributed by atoms with van der Waals surface area (Å²) in [5, 5.41) is 3.36. The number of methoxy groups -OCH3 is 1. The Hall–Kier alpha value is -1.03. The molecule has 0 unspecified atom stereocenters. The summed E-state index contributed by atoms with van der Waals surface area (Å²) in [4.78, 5) is 4.27. The van der Waals surface area contributed by atoms with Gasteiger partial charge in [-0.2, -0.15) is 0 Å². The van der Waals surface area contributed by atoms with E-state index in [0.717, 1.165) is 31.6 Å². The zero-order valence-corrected chi connectivity index (χ0v) is 8.57. The van der Waals surface area contributed by atoms with Crippen LogP contribution in [0.15, 0.2) is 12.4 Å². The van der Waals surface area contributed by atoms with Gasteiger partial charge in [0.25, 0.3) is 0 Å². The number of hydrogen-bond acceptors (Lipinski definition) is 3. The van der Waals surface area contributed by atoms with Crippen LogP contribution in [0, 0.1) is 5.92 Å². The fourth-order valence-electron chi connectivity index (χ4n) is 1.40. The number of imidazole rings is 1. The van der Waals surface area contributed by atoms with Gasteiger partial charge in [-0.3, -0.25) is 0 Å². The second kappa shape index (κ2) is 4.46. The molecular formula is C10H17N3O. The Bertz CT molecular complexity index is 281. The lowest BCUT2D eigenvalue weighted by molar-refractivity contribution is 0.187. The van der Waals surface area contributed by atoms with E-state index in [1.165, 1.54) is 12.8 Å². The Labute approximate surface area is 84.3 Å². The van der Waals surface area contributed by atoms with Gasteiger partial charge in [-0.15, -0.1) is 0 Å². The number of rotatable bonds is 6. The van der Waals surface area contributed by atoms with Crippen molar-refractivity contribution in [3.8, 4) is 0 Å². The van der Waals surface area contributed by atoms with E-state index in [4.69, 9.17) is 4.74 Å². The van der Waals surface area contributed by atoms with E-state index in [9.17, 15) is 0 Å². The summed E-state index contributed by atoms with van der Waals surface area (Å²) in [6.07, 6.45) is 6.54. The van der Waals surface area contributed by atoms with Crippen molar-refractivity contribution in [3.05, 3.63) is 12.4 Å². The Kier molecular flexibility index (Phi) is 3.03. The molecule has 78 valence electrons. The lowest BCUT2D eigenvalue weighted by Crippen LogP contribution is -2.11. The average molecular weight is 195 g/mol. The third kappa shape index (κ3) is 2.48. The molecule has 0 radical (unpaired) electrons. The van der Waals surface area contributed by atoms with Gasteiger partial charge in [0.2, 0.25) is 5.95 Å². The summed E-state index contributed by atoms with van der Waals surface area (Å²) in [6.45, 7) is 2.65. The number of ether oxygens (including phenoxy) is 1. The van der Waals surface area contributed by atoms with Crippen molar-refractivity contribution < 1.29 is 4.74 Å². The van der Waals surface area contributed by atoms with E-state index in [2.05, 4.69) is 14.9 Å². The number of nitrogens with one attached hydrogen (secondary N) is 1. The molecule has 1 fully saturated rings. The van der Waals surface area contributed by atoms with Crippen LogP contribution in [0.1, 0.15) is 12.8 Å². The van der Waals surface area contributed by atoms with Crippen molar-refractivity contribution >= 4 is 5.95 Å². The Morgan fingerprint density at radius 3 is 3.21 bits per heavy atom. The molecule has 0 aromatic carbocycles. The molecule has 4 heteroatoms. The summed E-state index contributed by atoms with van der Waals surface area (Å²) < 4.78 is 7.12. The van der Waals surface area contributed by atoms with E-state index >= 15 is 0 Å². The molecule has 1 saturated carbocycles. The predicted octanol–water partition coefficient (Wildman–Crippen LogP) is 1.35. The molecule has 0 aliphatic heterocycles. The maximum absolute atomic E-state index is 5.03. The predicted molar refractivity (Wildman–Crippen MR) is 55.3 cm³/mol. The van der Waals surface area contributed by atoms with E-state index < -0.39 is 0 Å². The minimum atomic E-state index is 0.731. The number of nitrogens with zero attached hydrogens (tertiary/aromatic N) is 2. The van der Waals surface area contributed by atoms with E-state index in [-0.39, 0.29) is 0 Å². The molecule has 1 N–H and O–H groups in total. The molecule has 0 atom stereocenters. The van der Waals surface area contributed by atoms with Gasteiger partial charge in [-0.25, -0.2) is 4.98 Å². The topological polar surface area (TPSA) is 39.1 Å². The van der Waals surface area contributed by atoms with Crippen LogP contribution in [0.3, 0.4) is 0 Å². The van der Waals surface area contributed by atoms with Crippen LogP contribution >= 0.6 is 0 Å². The van der Waals surface area contributed by atoms with Gasteiger partial charge in [-0.05, 0) is 18.8 Å². The molecule has 2 rings (SSSR count). The SMILES string of the molecule is COCCn1ccnc1NCC1CC1. The molecule has 0 bridgehead atoms. The summed E-state index contributed by atoms with van der Waals surface area (Å²) in [6, 6.07) is 0. The third-order valence-corrected chi connectivity index (χ3v) is 2.50. The fourth-order valence-corrected chi connectivity index (χ4v) is 1.40. The normalized spacial score (nSPS) is 15.8. The molecule has 1 heterocycles. The Morgan fingerprint density at radius 1 is 1.64 bits per heavy atom. The molecular weight excluding hydrogens is 178 g/mol. The molecule has 1 aromatic heterocycles. The van der Waals surface area contributed by atoms with Gasteiger partial charge in [0.05, 0.1) is 6.61 Å². The molecule has 1 aromatic rings. The summed E-state index contributed by atoms with van der Waals surface area (Å²) in [5.74, 6) is 1.84. The Morgan fingerprint density at radius 2 is 2.50 bits per heavy atom. The van der Waals surface area contributed by atoms with Gasteiger partial charge < -0.3 is 14.6 Å². The minimum absolute atomic E-state index is 0.731. The maximum Gasteiger partial charge on any atom is 0.202 e. The summed E-state index contributed by atoms with van der Waals surface area (Å²) in [7, 11) is 1.72. The largest absolute Gasteiger partial charge is 0.383 e. The first-order valence-electron chi connectivity index (χ1n) is 5.14. The van der Waals surface area contributed by atoms with Crippen molar-refractivity contribution in [2.24, 2.45) is 5.92 Å². The Balaban J connectivity index is 1.83. The highest BCUT2D eigenvalue weighted by Gasteiger charge is 2.21.